The van der Waals surface area contributed by atoms with E-state index in [0.717, 1.165) is 12.1 Å². The van der Waals surface area contributed by atoms with Crippen LogP contribution in [0.15, 0.2) is 16.6 Å². The smallest absolute Gasteiger partial charge is 0.252 e. The predicted molar refractivity (Wildman–Crippen MR) is 71.9 cm³/mol. The van der Waals surface area contributed by atoms with E-state index in [9.17, 15) is 18.7 Å². The molecule has 1 amide bonds. The third-order valence-electron chi connectivity index (χ3n) is 2.50. The van der Waals surface area contributed by atoms with E-state index in [2.05, 4.69) is 21.2 Å². The van der Waals surface area contributed by atoms with Gasteiger partial charge in [-0.05, 0) is 40.4 Å². The Morgan fingerprint density at radius 3 is 2.53 bits per heavy atom. The van der Waals surface area contributed by atoms with Crippen LogP contribution in [0.4, 0.5) is 8.78 Å². The van der Waals surface area contributed by atoms with Crippen molar-refractivity contribution in [1.29, 1.82) is 0 Å². The highest BCUT2D eigenvalue weighted by molar-refractivity contribution is 9.10. The number of hydrogen-bond acceptors (Lipinski definition) is 2. The highest BCUT2D eigenvalue weighted by Crippen LogP contribution is 2.20. The fourth-order valence-electron chi connectivity index (χ4n) is 1.63. The van der Waals surface area contributed by atoms with Gasteiger partial charge < -0.3 is 10.4 Å². The predicted octanol–water partition coefficient (Wildman–Crippen LogP) is 2.86. The van der Waals surface area contributed by atoms with Gasteiger partial charge in [-0.1, -0.05) is 13.8 Å². The topological polar surface area (TPSA) is 49.3 Å². The van der Waals surface area contributed by atoms with E-state index in [1.807, 2.05) is 13.8 Å². The average molecular weight is 336 g/mol. The van der Waals surface area contributed by atoms with Gasteiger partial charge >= 0.3 is 0 Å². The molecule has 0 heterocycles. The van der Waals surface area contributed by atoms with Gasteiger partial charge in [0.25, 0.3) is 5.91 Å². The number of aliphatic hydroxyl groups excluding tert-OH is 1. The Labute approximate surface area is 119 Å². The molecule has 6 heteroatoms. The van der Waals surface area contributed by atoms with Crippen molar-refractivity contribution in [1.82, 2.24) is 5.32 Å². The number of amides is 1. The zero-order valence-corrected chi connectivity index (χ0v) is 12.3. The zero-order valence-electron chi connectivity index (χ0n) is 10.7. The van der Waals surface area contributed by atoms with E-state index in [1.54, 1.807) is 0 Å². The molecule has 0 aliphatic carbocycles. The third kappa shape index (κ3) is 4.87. The second kappa shape index (κ2) is 6.96. The second-order valence-electron chi connectivity index (χ2n) is 4.74. The van der Waals surface area contributed by atoms with Gasteiger partial charge in [0.05, 0.1) is 11.7 Å². The first-order valence-corrected chi connectivity index (χ1v) is 6.71. The summed E-state index contributed by atoms with van der Waals surface area (Å²) in [5, 5.41) is 12.1. The third-order valence-corrected chi connectivity index (χ3v) is 3.15. The normalized spacial score (nSPS) is 12.6. The van der Waals surface area contributed by atoms with Crippen molar-refractivity contribution < 1.29 is 18.7 Å². The number of halogens is 3. The molecule has 106 valence electrons. The first-order chi connectivity index (χ1) is 8.81. The highest BCUT2D eigenvalue weighted by atomic mass is 79.9. The summed E-state index contributed by atoms with van der Waals surface area (Å²) >= 11 is 3.00. The van der Waals surface area contributed by atoms with Crippen LogP contribution in [-0.2, 0) is 0 Å². The van der Waals surface area contributed by atoms with Gasteiger partial charge in [0, 0.05) is 11.0 Å². The Balaban J connectivity index is 2.66. The number of carbonyl (C=O) groups excluding carboxylic acids is 1. The number of benzene rings is 1. The molecule has 0 saturated heterocycles. The van der Waals surface area contributed by atoms with E-state index in [1.165, 1.54) is 0 Å². The standard InChI is InChI=1S/C13H16BrF2NO2/c1-7(2)3-8(18)6-17-13(19)9-4-11(15)12(16)5-10(9)14/h4-5,7-8,18H,3,6H2,1-2H3,(H,17,19). The molecule has 0 aromatic heterocycles. The molecule has 1 rings (SSSR count). The molecule has 2 N–H and O–H groups in total. The van der Waals surface area contributed by atoms with Gasteiger partial charge in [0.1, 0.15) is 0 Å². The van der Waals surface area contributed by atoms with Gasteiger partial charge in [0.2, 0.25) is 0 Å². The largest absolute Gasteiger partial charge is 0.391 e. The van der Waals surface area contributed by atoms with E-state index < -0.39 is 23.6 Å². The Morgan fingerprint density at radius 2 is 1.95 bits per heavy atom. The van der Waals surface area contributed by atoms with Gasteiger partial charge in [-0.2, -0.15) is 0 Å². The van der Waals surface area contributed by atoms with Crippen molar-refractivity contribution in [2.75, 3.05) is 6.54 Å². The molecule has 0 radical (unpaired) electrons. The van der Waals surface area contributed by atoms with Crippen LogP contribution in [0.1, 0.15) is 30.6 Å². The lowest BCUT2D eigenvalue weighted by Gasteiger charge is -2.14. The summed E-state index contributed by atoms with van der Waals surface area (Å²) < 4.78 is 26.1. The number of nitrogens with one attached hydrogen (secondary N) is 1. The first kappa shape index (κ1) is 16.0. The van der Waals surface area contributed by atoms with Crippen molar-refractivity contribution >= 4 is 21.8 Å². The average Bonchev–Trinajstić information content (AvgIpc) is 2.30. The van der Waals surface area contributed by atoms with Crippen LogP contribution in [0, 0.1) is 17.6 Å². The van der Waals surface area contributed by atoms with Crippen LogP contribution in [0.25, 0.3) is 0 Å². The minimum absolute atomic E-state index is 0.00403. The summed E-state index contributed by atoms with van der Waals surface area (Å²) in [6.45, 7) is 3.98. The maximum absolute atomic E-state index is 13.1. The minimum atomic E-state index is -1.09. The van der Waals surface area contributed by atoms with Gasteiger partial charge in [-0.25, -0.2) is 8.78 Å². The summed E-state index contributed by atoms with van der Waals surface area (Å²) in [5.74, 6) is -2.37. The zero-order chi connectivity index (χ0) is 14.6. The Morgan fingerprint density at radius 1 is 1.37 bits per heavy atom. The van der Waals surface area contributed by atoms with Crippen LogP contribution in [0.3, 0.4) is 0 Å². The monoisotopic (exact) mass is 335 g/mol. The van der Waals surface area contributed by atoms with Crippen molar-refractivity contribution in [3.63, 3.8) is 0 Å². The summed E-state index contributed by atoms with van der Waals surface area (Å²) in [5.41, 5.74) is -0.00403. The molecule has 3 nitrogen and oxygen atoms in total. The molecule has 0 spiro atoms. The van der Waals surface area contributed by atoms with Crippen LogP contribution in [0.5, 0.6) is 0 Å². The molecule has 0 bridgehead atoms. The van der Waals surface area contributed by atoms with E-state index in [-0.39, 0.29) is 16.6 Å². The molecule has 0 fully saturated rings. The molecule has 1 aromatic carbocycles. The lowest BCUT2D eigenvalue weighted by atomic mass is 10.1. The lowest BCUT2D eigenvalue weighted by Crippen LogP contribution is -2.33. The number of aliphatic hydroxyl groups is 1. The van der Waals surface area contributed by atoms with Crippen molar-refractivity contribution in [2.45, 2.75) is 26.4 Å². The molecule has 0 aliphatic rings. The summed E-state index contributed by atoms with van der Waals surface area (Å²) in [6.07, 6.45) is -0.104. The maximum atomic E-state index is 13.1. The lowest BCUT2D eigenvalue weighted by molar-refractivity contribution is 0.0899. The molecule has 1 atom stereocenters. The Kier molecular flexibility index (Phi) is 5.87. The van der Waals surface area contributed by atoms with Crippen LogP contribution in [0.2, 0.25) is 0 Å². The summed E-state index contributed by atoms with van der Waals surface area (Å²) in [4.78, 5) is 11.8. The van der Waals surface area contributed by atoms with Gasteiger partial charge in [-0.3, -0.25) is 4.79 Å². The minimum Gasteiger partial charge on any atom is -0.391 e. The molecule has 1 aromatic rings. The van der Waals surface area contributed by atoms with Crippen LogP contribution < -0.4 is 5.32 Å². The number of carbonyl (C=O) groups is 1. The first-order valence-electron chi connectivity index (χ1n) is 5.92. The fourth-order valence-corrected chi connectivity index (χ4v) is 2.13. The van der Waals surface area contributed by atoms with Gasteiger partial charge in [0.15, 0.2) is 11.6 Å². The number of rotatable bonds is 5. The molecule has 1 unspecified atom stereocenters. The highest BCUT2D eigenvalue weighted by Gasteiger charge is 2.16. The van der Waals surface area contributed by atoms with Crippen LogP contribution >= 0.6 is 15.9 Å². The molecular weight excluding hydrogens is 320 g/mol. The van der Waals surface area contributed by atoms with Crippen molar-refractivity contribution in [2.24, 2.45) is 5.92 Å². The van der Waals surface area contributed by atoms with Crippen LogP contribution in [-0.4, -0.2) is 23.7 Å². The quantitative estimate of drug-likeness (QED) is 0.813. The molecular formula is C13H16BrF2NO2. The van der Waals surface area contributed by atoms with E-state index >= 15 is 0 Å². The number of hydrogen-bond donors (Lipinski definition) is 2. The molecule has 19 heavy (non-hydrogen) atoms. The molecule has 0 aliphatic heterocycles. The summed E-state index contributed by atoms with van der Waals surface area (Å²) in [6, 6.07) is 1.72. The molecule has 0 saturated carbocycles. The fraction of sp³-hybridized carbons (Fsp3) is 0.462. The van der Waals surface area contributed by atoms with E-state index in [0.29, 0.717) is 12.3 Å². The van der Waals surface area contributed by atoms with E-state index in [4.69, 9.17) is 0 Å². The van der Waals surface area contributed by atoms with Crippen molar-refractivity contribution in [3.05, 3.63) is 33.8 Å². The van der Waals surface area contributed by atoms with Gasteiger partial charge in [-0.15, -0.1) is 0 Å². The summed E-state index contributed by atoms with van der Waals surface area (Å²) in [7, 11) is 0. The Bertz CT molecular complexity index is 466. The Hall–Kier alpha value is -1.01. The second-order valence-corrected chi connectivity index (χ2v) is 5.59. The van der Waals surface area contributed by atoms with Crippen molar-refractivity contribution in [3.8, 4) is 0 Å². The maximum Gasteiger partial charge on any atom is 0.252 e. The SMILES string of the molecule is CC(C)CC(O)CNC(=O)c1cc(F)c(F)cc1Br.